The zero-order chi connectivity index (χ0) is 10.9. The third kappa shape index (κ3) is 5.23. The summed E-state index contributed by atoms with van der Waals surface area (Å²) in [7, 11) is 2.22. The lowest BCUT2D eigenvalue weighted by Gasteiger charge is -2.20. The molecule has 0 aliphatic carbocycles. The molecule has 0 saturated carbocycles. The van der Waals surface area contributed by atoms with E-state index in [4.69, 9.17) is 0 Å². The normalized spacial score (nSPS) is 22.9. The van der Waals surface area contributed by atoms with E-state index in [0.717, 1.165) is 6.42 Å². The van der Waals surface area contributed by atoms with Crippen molar-refractivity contribution in [3.63, 3.8) is 0 Å². The van der Waals surface area contributed by atoms with E-state index in [2.05, 4.69) is 30.7 Å². The Hall–Kier alpha value is -0.480. The third-order valence-electron chi connectivity index (χ3n) is 3.19. The van der Waals surface area contributed by atoms with Crippen molar-refractivity contribution in [2.24, 2.45) is 0 Å². The second-order valence-corrected chi connectivity index (χ2v) is 4.62. The van der Waals surface area contributed by atoms with Crippen LogP contribution in [-0.2, 0) is 0 Å². The first-order valence-electron chi connectivity index (χ1n) is 6.53. The lowest BCUT2D eigenvalue weighted by molar-refractivity contribution is 0.297. The largest absolute Gasteiger partial charge is 0.293 e. The fourth-order valence-electron chi connectivity index (χ4n) is 2.09. The maximum Gasteiger partial charge on any atom is 0.0712 e. The highest BCUT2D eigenvalue weighted by molar-refractivity contribution is 5.08. The Morgan fingerprint density at radius 1 is 1.20 bits per heavy atom. The average molecular weight is 207 g/mol. The minimum Gasteiger partial charge on any atom is -0.293 e. The van der Waals surface area contributed by atoms with Gasteiger partial charge in [-0.15, -0.1) is 5.92 Å². The van der Waals surface area contributed by atoms with Crippen LogP contribution in [0.5, 0.6) is 0 Å². The number of rotatable bonds is 3. The second kappa shape index (κ2) is 7.77. The predicted molar refractivity (Wildman–Crippen MR) is 66.8 cm³/mol. The van der Waals surface area contributed by atoms with Crippen LogP contribution in [0.1, 0.15) is 58.3 Å². The highest BCUT2D eigenvalue weighted by Crippen LogP contribution is 2.14. The lowest BCUT2D eigenvalue weighted by Crippen LogP contribution is -2.29. The van der Waals surface area contributed by atoms with Crippen molar-refractivity contribution in [3.05, 3.63) is 0 Å². The molecule has 1 nitrogen and oxygen atoms in total. The third-order valence-corrected chi connectivity index (χ3v) is 3.19. The monoisotopic (exact) mass is 207 g/mol. The summed E-state index contributed by atoms with van der Waals surface area (Å²) < 4.78 is 0. The molecule has 1 heteroatoms. The molecular weight excluding hydrogens is 182 g/mol. The summed E-state index contributed by atoms with van der Waals surface area (Å²) in [4.78, 5) is 2.43. The van der Waals surface area contributed by atoms with E-state index in [-0.39, 0.29) is 0 Å². The van der Waals surface area contributed by atoms with Gasteiger partial charge in [-0.25, -0.2) is 0 Å². The summed E-state index contributed by atoms with van der Waals surface area (Å²) in [6.07, 6.45) is 10.4. The van der Waals surface area contributed by atoms with Crippen molar-refractivity contribution >= 4 is 0 Å². The maximum atomic E-state index is 3.45. The number of unbranched alkanes of at least 4 members (excludes halogenated alkanes) is 3. The van der Waals surface area contributed by atoms with E-state index in [1.54, 1.807) is 0 Å². The first kappa shape index (κ1) is 12.6. The zero-order valence-corrected chi connectivity index (χ0v) is 10.4. The molecule has 1 atom stereocenters. The standard InChI is InChI=1S/C14H25N/c1-3-4-5-6-8-11-14-12-9-7-10-13-15(14)2/h14H,3-7,9-10,12-13H2,1-2H3. The smallest absolute Gasteiger partial charge is 0.0712 e. The van der Waals surface area contributed by atoms with Crippen LogP contribution >= 0.6 is 0 Å². The van der Waals surface area contributed by atoms with E-state index < -0.39 is 0 Å². The molecule has 0 aromatic heterocycles. The molecule has 0 bridgehead atoms. The molecule has 1 fully saturated rings. The minimum atomic E-state index is 0.536. The Kier molecular flexibility index (Phi) is 6.52. The minimum absolute atomic E-state index is 0.536. The Balaban J connectivity index is 2.27. The Morgan fingerprint density at radius 2 is 2.07 bits per heavy atom. The van der Waals surface area contributed by atoms with Crippen LogP contribution in [0.25, 0.3) is 0 Å². The summed E-state index contributed by atoms with van der Waals surface area (Å²) in [5.74, 6) is 6.80. The Bertz CT molecular complexity index is 211. The molecule has 1 rings (SSSR count). The van der Waals surface area contributed by atoms with Gasteiger partial charge in [0.1, 0.15) is 0 Å². The SMILES string of the molecule is CCCCCC#CC1CCCCCN1C. The molecule has 0 aromatic carbocycles. The van der Waals surface area contributed by atoms with Crippen LogP contribution in [0.3, 0.4) is 0 Å². The molecule has 15 heavy (non-hydrogen) atoms. The predicted octanol–water partition coefficient (Wildman–Crippen LogP) is 3.44. The number of hydrogen-bond acceptors (Lipinski definition) is 1. The van der Waals surface area contributed by atoms with Crippen molar-refractivity contribution in [1.82, 2.24) is 4.90 Å². The molecule has 0 amide bonds. The summed E-state index contributed by atoms with van der Waals surface area (Å²) >= 11 is 0. The molecule has 86 valence electrons. The molecule has 1 aliphatic heterocycles. The van der Waals surface area contributed by atoms with Gasteiger partial charge in [-0.05, 0) is 32.9 Å². The van der Waals surface area contributed by atoms with Crippen molar-refractivity contribution < 1.29 is 0 Å². The molecule has 1 heterocycles. The average Bonchev–Trinajstić information content (AvgIpc) is 2.44. The number of likely N-dealkylation sites (tertiary alicyclic amines) is 1. The quantitative estimate of drug-likeness (QED) is 0.506. The lowest BCUT2D eigenvalue weighted by atomic mass is 10.1. The topological polar surface area (TPSA) is 3.24 Å². The zero-order valence-electron chi connectivity index (χ0n) is 10.4. The van der Waals surface area contributed by atoms with Gasteiger partial charge in [0.05, 0.1) is 6.04 Å². The first-order chi connectivity index (χ1) is 7.34. The summed E-state index contributed by atoms with van der Waals surface area (Å²) in [6, 6.07) is 0.536. The van der Waals surface area contributed by atoms with Gasteiger partial charge in [0.25, 0.3) is 0 Å². The van der Waals surface area contributed by atoms with E-state index >= 15 is 0 Å². The number of nitrogens with zero attached hydrogens (tertiary/aromatic N) is 1. The molecular formula is C14H25N. The Morgan fingerprint density at radius 3 is 2.87 bits per heavy atom. The molecule has 0 radical (unpaired) electrons. The summed E-state index contributed by atoms with van der Waals surface area (Å²) in [5.41, 5.74) is 0. The number of hydrogen-bond donors (Lipinski definition) is 0. The fourth-order valence-corrected chi connectivity index (χ4v) is 2.09. The highest BCUT2D eigenvalue weighted by atomic mass is 15.1. The first-order valence-corrected chi connectivity index (χ1v) is 6.53. The van der Waals surface area contributed by atoms with Crippen LogP contribution in [0, 0.1) is 11.8 Å². The van der Waals surface area contributed by atoms with Gasteiger partial charge in [0.15, 0.2) is 0 Å². The molecule has 1 saturated heterocycles. The van der Waals surface area contributed by atoms with Crippen LogP contribution in [0.15, 0.2) is 0 Å². The van der Waals surface area contributed by atoms with Gasteiger partial charge in [0.2, 0.25) is 0 Å². The van der Waals surface area contributed by atoms with Crippen LogP contribution in [-0.4, -0.2) is 24.5 Å². The molecule has 1 aliphatic rings. The second-order valence-electron chi connectivity index (χ2n) is 4.62. The van der Waals surface area contributed by atoms with Crippen LogP contribution in [0.4, 0.5) is 0 Å². The highest BCUT2D eigenvalue weighted by Gasteiger charge is 2.14. The van der Waals surface area contributed by atoms with E-state index in [9.17, 15) is 0 Å². The van der Waals surface area contributed by atoms with E-state index in [1.807, 2.05) is 0 Å². The van der Waals surface area contributed by atoms with Crippen molar-refractivity contribution in [1.29, 1.82) is 0 Å². The van der Waals surface area contributed by atoms with Gasteiger partial charge >= 0.3 is 0 Å². The van der Waals surface area contributed by atoms with Crippen molar-refractivity contribution in [3.8, 4) is 11.8 Å². The van der Waals surface area contributed by atoms with Gasteiger partial charge in [-0.1, -0.05) is 38.5 Å². The summed E-state index contributed by atoms with van der Waals surface area (Å²) in [6.45, 7) is 3.47. The molecule has 0 N–H and O–H groups in total. The Labute approximate surface area is 95.2 Å². The van der Waals surface area contributed by atoms with Crippen LogP contribution in [0.2, 0.25) is 0 Å². The van der Waals surface area contributed by atoms with Crippen LogP contribution < -0.4 is 0 Å². The van der Waals surface area contributed by atoms with Crippen molar-refractivity contribution in [2.45, 2.75) is 64.3 Å². The molecule has 1 unspecified atom stereocenters. The van der Waals surface area contributed by atoms with Gasteiger partial charge < -0.3 is 0 Å². The maximum absolute atomic E-state index is 3.45. The van der Waals surface area contributed by atoms with E-state index in [0.29, 0.717) is 6.04 Å². The van der Waals surface area contributed by atoms with Gasteiger partial charge in [0, 0.05) is 6.42 Å². The van der Waals surface area contributed by atoms with Gasteiger partial charge in [-0.3, -0.25) is 4.90 Å². The summed E-state index contributed by atoms with van der Waals surface area (Å²) in [5, 5.41) is 0. The molecule has 0 spiro atoms. The molecule has 0 aromatic rings. The van der Waals surface area contributed by atoms with Crippen molar-refractivity contribution in [2.75, 3.05) is 13.6 Å². The van der Waals surface area contributed by atoms with E-state index in [1.165, 1.54) is 51.5 Å². The fraction of sp³-hybridized carbons (Fsp3) is 0.857. The van der Waals surface area contributed by atoms with Gasteiger partial charge in [-0.2, -0.15) is 0 Å².